The van der Waals surface area contributed by atoms with Crippen molar-refractivity contribution < 1.29 is 19.1 Å². The number of carbonyl (C=O) groups excluding carboxylic acids is 2. The molecule has 0 radical (unpaired) electrons. The molecular weight excluding hydrogens is 330 g/mol. The predicted octanol–water partition coefficient (Wildman–Crippen LogP) is 1.14. The Kier molecular flexibility index (Phi) is 5.61. The summed E-state index contributed by atoms with van der Waals surface area (Å²) < 4.78 is 5.22. The number of rotatable bonds is 6. The standard InChI is InChI=1S/C16H19N3O4S/c1-16(2,3)11-6-4-10(5-7-11)14(22)17-8-12-18-19-15(23-12)24-9-13(20)21/h4-7H,8-9H2,1-3H3,(H,17,22)(H,20,21)/p-1. The first-order valence-corrected chi connectivity index (χ1v) is 8.28. The minimum absolute atomic E-state index is 0.0261. The summed E-state index contributed by atoms with van der Waals surface area (Å²) in [7, 11) is 0. The quantitative estimate of drug-likeness (QED) is 0.780. The Labute approximate surface area is 143 Å². The molecule has 2 rings (SSSR count). The molecule has 1 aromatic carbocycles. The minimum atomic E-state index is -1.22. The van der Waals surface area contributed by atoms with Crippen molar-refractivity contribution in [2.45, 2.75) is 38.0 Å². The van der Waals surface area contributed by atoms with Crippen LogP contribution in [-0.4, -0.2) is 27.8 Å². The zero-order valence-electron chi connectivity index (χ0n) is 13.7. The number of aliphatic carboxylic acids is 1. The fraction of sp³-hybridized carbons (Fsp3) is 0.375. The van der Waals surface area contributed by atoms with Crippen LogP contribution in [0.5, 0.6) is 0 Å². The van der Waals surface area contributed by atoms with Gasteiger partial charge in [0.05, 0.1) is 12.5 Å². The highest BCUT2D eigenvalue weighted by molar-refractivity contribution is 7.99. The first-order valence-electron chi connectivity index (χ1n) is 7.29. The molecule has 0 spiro atoms. The average Bonchev–Trinajstić information content (AvgIpc) is 2.98. The molecule has 0 bridgehead atoms. The van der Waals surface area contributed by atoms with Gasteiger partial charge in [0.1, 0.15) is 0 Å². The molecule has 24 heavy (non-hydrogen) atoms. The molecule has 0 saturated heterocycles. The lowest BCUT2D eigenvalue weighted by Crippen LogP contribution is -2.24. The lowest BCUT2D eigenvalue weighted by atomic mass is 9.87. The summed E-state index contributed by atoms with van der Waals surface area (Å²) in [6.07, 6.45) is 0. The van der Waals surface area contributed by atoms with Crippen LogP contribution in [0.3, 0.4) is 0 Å². The Morgan fingerprint density at radius 1 is 1.21 bits per heavy atom. The minimum Gasteiger partial charge on any atom is -0.549 e. The highest BCUT2D eigenvalue weighted by atomic mass is 32.2. The monoisotopic (exact) mass is 348 g/mol. The number of amides is 1. The summed E-state index contributed by atoms with van der Waals surface area (Å²) in [5.41, 5.74) is 1.71. The van der Waals surface area contributed by atoms with Crippen molar-refractivity contribution in [1.29, 1.82) is 0 Å². The van der Waals surface area contributed by atoms with Gasteiger partial charge in [-0.3, -0.25) is 4.79 Å². The maximum atomic E-state index is 12.1. The molecule has 0 aliphatic rings. The lowest BCUT2D eigenvalue weighted by molar-refractivity contribution is -0.301. The van der Waals surface area contributed by atoms with Gasteiger partial charge in [-0.05, 0) is 23.1 Å². The summed E-state index contributed by atoms with van der Waals surface area (Å²) in [4.78, 5) is 22.5. The Morgan fingerprint density at radius 2 is 1.88 bits per heavy atom. The molecule has 0 saturated carbocycles. The van der Waals surface area contributed by atoms with E-state index in [2.05, 4.69) is 36.3 Å². The van der Waals surface area contributed by atoms with E-state index < -0.39 is 5.97 Å². The van der Waals surface area contributed by atoms with Crippen LogP contribution in [0.25, 0.3) is 0 Å². The van der Waals surface area contributed by atoms with E-state index in [1.807, 2.05) is 12.1 Å². The second kappa shape index (κ2) is 7.48. The van der Waals surface area contributed by atoms with Crippen LogP contribution < -0.4 is 10.4 Å². The molecule has 7 nitrogen and oxygen atoms in total. The summed E-state index contributed by atoms with van der Waals surface area (Å²) in [5, 5.41) is 20.6. The smallest absolute Gasteiger partial charge is 0.277 e. The zero-order valence-corrected chi connectivity index (χ0v) is 14.5. The van der Waals surface area contributed by atoms with E-state index in [0.717, 1.165) is 17.3 Å². The van der Waals surface area contributed by atoms with E-state index in [1.54, 1.807) is 12.1 Å². The van der Waals surface area contributed by atoms with Gasteiger partial charge < -0.3 is 19.6 Å². The van der Waals surface area contributed by atoms with Crippen LogP contribution in [0.4, 0.5) is 0 Å². The Balaban J connectivity index is 1.90. The molecule has 1 amide bonds. The van der Waals surface area contributed by atoms with E-state index in [1.165, 1.54) is 0 Å². The molecule has 1 N–H and O–H groups in total. The molecule has 0 aliphatic heterocycles. The molecule has 0 unspecified atom stereocenters. The molecule has 1 aromatic heterocycles. The fourth-order valence-corrected chi connectivity index (χ4v) is 2.36. The molecule has 0 fully saturated rings. The summed E-state index contributed by atoms with van der Waals surface area (Å²) in [6, 6.07) is 7.39. The molecule has 0 aliphatic carbocycles. The average molecular weight is 348 g/mol. The van der Waals surface area contributed by atoms with Gasteiger partial charge in [0.25, 0.3) is 11.1 Å². The number of benzene rings is 1. The second-order valence-electron chi connectivity index (χ2n) is 6.13. The molecule has 128 valence electrons. The number of hydrogen-bond acceptors (Lipinski definition) is 7. The first-order chi connectivity index (χ1) is 11.3. The second-order valence-corrected chi connectivity index (χ2v) is 7.06. The van der Waals surface area contributed by atoms with Gasteiger partial charge in [-0.1, -0.05) is 44.7 Å². The first kappa shape index (κ1) is 18.0. The van der Waals surface area contributed by atoms with Gasteiger partial charge in [-0.2, -0.15) is 0 Å². The molecule has 0 atom stereocenters. The highest BCUT2D eigenvalue weighted by Gasteiger charge is 2.15. The summed E-state index contributed by atoms with van der Waals surface area (Å²) in [5.74, 6) is -1.53. The molecular formula is C16H18N3O4S-. The third-order valence-electron chi connectivity index (χ3n) is 3.18. The van der Waals surface area contributed by atoms with Crippen molar-refractivity contribution in [3.05, 3.63) is 41.3 Å². The van der Waals surface area contributed by atoms with E-state index in [4.69, 9.17) is 4.42 Å². The number of carboxylic acid groups (broad SMARTS) is 1. The number of carbonyl (C=O) groups is 2. The number of nitrogens with zero attached hydrogens (tertiary/aromatic N) is 2. The van der Waals surface area contributed by atoms with Gasteiger partial charge in [-0.15, -0.1) is 10.2 Å². The number of hydrogen-bond donors (Lipinski definition) is 1. The number of carboxylic acids is 1. The normalized spacial score (nSPS) is 11.3. The van der Waals surface area contributed by atoms with Crippen LogP contribution >= 0.6 is 11.8 Å². The van der Waals surface area contributed by atoms with Crippen molar-refractivity contribution in [2.24, 2.45) is 0 Å². The van der Waals surface area contributed by atoms with Gasteiger partial charge in [0, 0.05) is 11.3 Å². The maximum Gasteiger partial charge on any atom is 0.277 e. The Bertz CT molecular complexity index is 720. The predicted molar refractivity (Wildman–Crippen MR) is 86.3 cm³/mol. The maximum absolute atomic E-state index is 12.1. The van der Waals surface area contributed by atoms with Crippen molar-refractivity contribution in [3.63, 3.8) is 0 Å². The van der Waals surface area contributed by atoms with Crippen LogP contribution in [0, 0.1) is 0 Å². The van der Waals surface area contributed by atoms with Crippen molar-refractivity contribution in [1.82, 2.24) is 15.5 Å². The molecule has 8 heteroatoms. The SMILES string of the molecule is CC(C)(C)c1ccc(C(=O)NCc2nnc(SCC(=O)[O-])o2)cc1. The fourth-order valence-electron chi connectivity index (χ4n) is 1.87. The zero-order chi connectivity index (χ0) is 17.7. The number of thioether (sulfide) groups is 1. The van der Waals surface area contributed by atoms with E-state index in [0.29, 0.717) is 5.56 Å². The summed E-state index contributed by atoms with van der Waals surface area (Å²) in [6.45, 7) is 6.38. The van der Waals surface area contributed by atoms with Gasteiger partial charge in [-0.25, -0.2) is 0 Å². The van der Waals surface area contributed by atoms with Gasteiger partial charge in [0.15, 0.2) is 0 Å². The largest absolute Gasteiger partial charge is 0.549 e. The third kappa shape index (κ3) is 5.09. The van der Waals surface area contributed by atoms with Crippen LogP contribution in [0.1, 0.15) is 42.6 Å². The van der Waals surface area contributed by atoms with Crippen LogP contribution in [0.15, 0.2) is 33.9 Å². The number of aromatic nitrogens is 2. The van der Waals surface area contributed by atoms with Crippen LogP contribution in [0.2, 0.25) is 0 Å². The van der Waals surface area contributed by atoms with Crippen LogP contribution in [-0.2, 0) is 16.8 Å². The van der Waals surface area contributed by atoms with Gasteiger partial charge >= 0.3 is 0 Å². The number of nitrogens with one attached hydrogen (secondary N) is 1. The molecule has 2 aromatic rings. The van der Waals surface area contributed by atoms with E-state index in [-0.39, 0.29) is 34.7 Å². The van der Waals surface area contributed by atoms with Crippen molar-refractivity contribution in [2.75, 3.05) is 5.75 Å². The third-order valence-corrected chi connectivity index (χ3v) is 3.97. The van der Waals surface area contributed by atoms with Crippen molar-refractivity contribution >= 4 is 23.6 Å². The highest BCUT2D eigenvalue weighted by Crippen LogP contribution is 2.22. The Morgan fingerprint density at radius 3 is 2.46 bits per heavy atom. The van der Waals surface area contributed by atoms with E-state index >= 15 is 0 Å². The molecule has 1 heterocycles. The lowest BCUT2D eigenvalue weighted by Gasteiger charge is -2.18. The summed E-state index contributed by atoms with van der Waals surface area (Å²) >= 11 is 0.869. The topological polar surface area (TPSA) is 108 Å². The Hall–Kier alpha value is -2.35. The van der Waals surface area contributed by atoms with Crippen molar-refractivity contribution in [3.8, 4) is 0 Å². The van der Waals surface area contributed by atoms with Gasteiger partial charge in [0.2, 0.25) is 5.89 Å². The van der Waals surface area contributed by atoms with E-state index in [9.17, 15) is 14.7 Å².